The first-order valence-electron chi connectivity index (χ1n) is 16.8. The number of nitrogens with zero attached hydrogens (tertiary/aromatic N) is 2. The van der Waals surface area contributed by atoms with Crippen molar-refractivity contribution < 1.29 is 0 Å². The van der Waals surface area contributed by atoms with Crippen molar-refractivity contribution in [3.8, 4) is 33.6 Å². The van der Waals surface area contributed by atoms with Gasteiger partial charge in [-0.25, -0.2) is 0 Å². The molecule has 0 amide bonds. The SMILES string of the molecule is C1=Cc2c(n(-c3ccccc3)c3ccc(-c4ccc(-c5ccc6c(c5)c5ccccc5n6-c5ccc6ccccc6c5)cc4)cc23)CC1. The molecule has 7 aromatic carbocycles. The van der Waals surface area contributed by atoms with Gasteiger partial charge in [-0.3, -0.25) is 0 Å². The molecule has 226 valence electrons. The molecule has 0 saturated carbocycles. The molecule has 10 rings (SSSR count). The zero-order chi connectivity index (χ0) is 31.6. The van der Waals surface area contributed by atoms with Crippen LogP contribution in [0.4, 0.5) is 0 Å². The molecule has 2 aromatic heterocycles. The van der Waals surface area contributed by atoms with Crippen molar-refractivity contribution in [3.63, 3.8) is 0 Å². The fourth-order valence-corrected chi connectivity index (χ4v) is 7.87. The van der Waals surface area contributed by atoms with Crippen LogP contribution in [0, 0.1) is 0 Å². The Hall–Kier alpha value is -6.12. The Kier molecular flexibility index (Phi) is 6.04. The highest BCUT2D eigenvalue weighted by Crippen LogP contribution is 2.38. The van der Waals surface area contributed by atoms with E-state index in [2.05, 4.69) is 179 Å². The average molecular weight is 613 g/mol. The van der Waals surface area contributed by atoms with Crippen molar-refractivity contribution in [1.29, 1.82) is 0 Å². The summed E-state index contributed by atoms with van der Waals surface area (Å²) in [6.07, 6.45) is 6.78. The van der Waals surface area contributed by atoms with E-state index in [1.54, 1.807) is 0 Å². The summed E-state index contributed by atoms with van der Waals surface area (Å²) in [6.45, 7) is 0. The second-order valence-electron chi connectivity index (χ2n) is 12.9. The van der Waals surface area contributed by atoms with Crippen molar-refractivity contribution in [1.82, 2.24) is 9.13 Å². The fourth-order valence-electron chi connectivity index (χ4n) is 7.87. The summed E-state index contributed by atoms with van der Waals surface area (Å²) >= 11 is 0. The van der Waals surface area contributed by atoms with Crippen LogP contribution in [0.3, 0.4) is 0 Å². The monoisotopic (exact) mass is 612 g/mol. The highest BCUT2D eigenvalue weighted by atomic mass is 15.0. The molecule has 9 aromatic rings. The largest absolute Gasteiger partial charge is 0.313 e. The Morgan fingerprint density at radius 2 is 1.02 bits per heavy atom. The molecule has 0 aliphatic heterocycles. The number of fused-ring (bicyclic) bond motifs is 7. The van der Waals surface area contributed by atoms with E-state index in [1.807, 2.05) is 0 Å². The Labute approximate surface area is 279 Å². The van der Waals surface area contributed by atoms with E-state index in [4.69, 9.17) is 0 Å². The van der Waals surface area contributed by atoms with Crippen molar-refractivity contribution in [2.45, 2.75) is 12.8 Å². The summed E-state index contributed by atoms with van der Waals surface area (Å²) in [5.74, 6) is 0. The fraction of sp³-hybridized carbons (Fsp3) is 0.0435. The maximum Gasteiger partial charge on any atom is 0.0541 e. The van der Waals surface area contributed by atoms with Crippen molar-refractivity contribution in [2.75, 3.05) is 0 Å². The van der Waals surface area contributed by atoms with Gasteiger partial charge in [-0.15, -0.1) is 0 Å². The number of benzene rings is 7. The van der Waals surface area contributed by atoms with Crippen LogP contribution in [0.15, 0.2) is 164 Å². The first kappa shape index (κ1) is 27.0. The van der Waals surface area contributed by atoms with Gasteiger partial charge in [0.25, 0.3) is 0 Å². The van der Waals surface area contributed by atoms with Crippen molar-refractivity contribution >= 4 is 49.6 Å². The van der Waals surface area contributed by atoms with Gasteiger partial charge in [0.15, 0.2) is 0 Å². The van der Waals surface area contributed by atoms with Gasteiger partial charge in [-0.1, -0.05) is 115 Å². The van der Waals surface area contributed by atoms with E-state index in [9.17, 15) is 0 Å². The third-order valence-corrected chi connectivity index (χ3v) is 10.2. The van der Waals surface area contributed by atoms with Crippen LogP contribution in [0.1, 0.15) is 17.7 Å². The molecule has 0 fully saturated rings. The van der Waals surface area contributed by atoms with Gasteiger partial charge in [-0.2, -0.15) is 0 Å². The van der Waals surface area contributed by atoms with Gasteiger partial charge in [-0.05, 0) is 100 Å². The maximum atomic E-state index is 2.45. The van der Waals surface area contributed by atoms with Gasteiger partial charge in [0, 0.05) is 38.8 Å². The minimum atomic E-state index is 1.06. The second kappa shape index (κ2) is 10.7. The first-order valence-corrected chi connectivity index (χ1v) is 16.8. The van der Waals surface area contributed by atoms with Crippen molar-refractivity contribution in [2.24, 2.45) is 0 Å². The normalized spacial score (nSPS) is 12.8. The Bertz CT molecular complexity index is 2700. The second-order valence-corrected chi connectivity index (χ2v) is 12.9. The highest BCUT2D eigenvalue weighted by Gasteiger charge is 2.19. The maximum absolute atomic E-state index is 2.45. The quantitative estimate of drug-likeness (QED) is 0.187. The molecule has 1 aliphatic rings. The minimum absolute atomic E-state index is 1.06. The number of hydrogen-bond acceptors (Lipinski definition) is 0. The van der Waals surface area contributed by atoms with Crippen LogP contribution in [-0.2, 0) is 6.42 Å². The summed E-state index contributed by atoms with van der Waals surface area (Å²) in [5, 5.41) is 6.37. The molecule has 0 radical (unpaired) electrons. The van der Waals surface area contributed by atoms with Gasteiger partial charge >= 0.3 is 0 Å². The van der Waals surface area contributed by atoms with E-state index < -0.39 is 0 Å². The lowest BCUT2D eigenvalue weighted by Crippen LogP contribution is -2.02. The molecular weight excluding hydrogens is 581 g/mol. The molecule has 0 spiro atoms. The molecule has 0 atom stereocenters. The molecule has 0 N–H and O–H groups in total. The lowest BCUT2D eigenvalue weighted by molar-refractivity contribution is 0.888. The van der Waals surface area contributed by atoms with E-state index in [-0.39, 0.29) is 0 Å². The molecule has 1 aliphatic carbocycles. The van der Waals surface area contributed by atoms with Crippen LogP contribution >= 0.6 is 0 Å². The highest BCUT2D eigenvalue weighted by molar-refractivity contribution is 6.10. The molecule has 0 unspecified atom stereocenters. The van der Waals surface area contributed by atoms with Crippen LogP contribution in [0.25, 0.3) is 83.2 Å². The van der Waals surface area contributed by atoms with Crippen molar-refractivity contribution in [3.05, 3.63) is 175 Å². The van der Waals surface area contributed by atoms with Crippen LogP contribution in [0.5, 0.6) is 0 Å². The third-order valence-electron chi connectivity index (χ3n) is 10.2. The minimum Gasteiger partial charge on any atom is -0.313 e. The molecule has 0 saturated heterocycles. The van der Waals surface area contributed by atoms with Crippen LogP contribution in [-0.4, -0.2) is 9.13 Å². The molecule has 48 heavy (non-hydrogen) atoms. The topological polar surface area (TPSA) is 9.86 Å². The lowest BCUT2D eigenvalue weighted by Gasteiger charge is -2.13. The number of rotatable bonds is 4. The number of aromatic nitrogens is 2. The molecular formula is C46H32N2. The zero-order valence-electron chi connectivity index (χ0n) is 26.5. The van der Waals surface area contributed by atoms with E-state index in [1.165, 1.54) is 88.4 Å². The average Bonchev–Trinajstić information content (AvgIpc) is 3.67. The van der Waals surface area contributed by atoms with Gasteiger partial charge < -0.3 is 9.13 Å². The third kappa shape index (κ3) is 4.19. The summed E-state index contributed by atoms with van der Waals surface area (Å²) < 4.78 is 4.85. The predicted octanol–water partition coefficient (Wildman–Crippen LogP) is 12.2. The van der Waals surface area contributed by atoms with E-state index in [0.717, 1.165) is 12.8 Å². The zero-order valence-corrected chi connectivity index (χ0v) is 26.5. The molecule has 2 heteroatoms. The predicted molar refractivity (Wildman–Crippen MR) is 203 cm³/mol. The van der Waals surface area contributed by atoms with E-state index >= 15 is 0 Å². The van der Waals surface area contributed by atoms with Crippen LogP contribution < -0.4 is 0 Å². The summed E-state index contributed by atoms with van der Waals surface area (Å²) in [7, 11) is 0. The number of para-hydroxylation sites is 2. The molecule has 2 nitrogen and oxygen atoms in total. The van der Waals surface area contributed by atoms with Gasteiger partial charge in [0.1, 0.15) is 0 Å². The standard InChI is InChI=1S/C46H32N2/c1-2-12-37(13-3-1)47-43-16-8-6-14-39(43)41-29-35(23-26-45(41)47)32-18-20-33(21-19-32)36-24-27-46-42(30-36)40-15-7-9-17-44(40)48(46)38-25-22-31-10-4-5-11-34(31)28-38/h1-7,9-15,17-30H,8,16H2. The summed E-state index contributed by atoms with van der Waals surface area (Å²) in [6, 6.07) is 57.8. The molecule has 2 heterocycles. The Morgan fingerprint density at radius 1 is 0.396 bits per heavy atom. The first-order chi connectivity index (χ1) is 23.8. The number of allylic oxidation sites excluding steroid dienone is 1. The summed E-state index contributed by atoms with van der Waals surface area (Å²) in [4.78, 5) is 0. The van der Waals surface area contributed by atoms with Gasteiger partial charge in [0.05, 0.1) is 16.6 Å². The Morgan fingerprint density at radius 3 is 1.81 bits per heavy atom. The Balaban J connectivity index is 1.04. The lowest BCUT2D eigenvalue weighted by atomic mass is 9.97. The number of hydrogen-bond donors (Lipinski definition) is 0. The smallest absolute Gasteiger partial charge is 0.0541 e. The molecule has 0 bridgehead atoms. The van der Waals surface area contributed by atoms with E-state index in [0.29, 0.717) is 0 Å². The van der Waals surface area contributed by atoms with Crippen LogP contribution in [0.2, 0.25) is 0 Å². The van der Waals surface area contributed by atoms with Gasteiger partial charge in [0.2, 0.25) is 0 Å². The summed E-state index contributed by atoms with van der Waals surface area (Å²) in [5.41, 5.74) is 13.8.